The molecule has 4 aromatic carbocycles. The molecule has 4 aromatic rings. The lowest BCUT2D eigenvalue weighted by Crippen LogP contribution is -2.39. The molecule has 5 heteroatoms. The van der Waals surface area contributed by atoms with Gasteiger partial charge in [0.15, 0.2) is 0 Å². The van der Waals surface area contributed by atoms with Gasteiger partial charge in [0.1, 0.15) is 0 Å². The fourth-order valence-corrected chi connectivity index (χ4v) is 7.12. The van der Waals surface area contributed by atoms with Gasteiger partial charge in [0, 0.05) is 16.2 Å². The van der Waals surface area contributed by atoms with Crippen LogP contribution in [0.4, 0.5) is 11.4 Å². The zero-order valence-electron chi connectivity index (χ0n) is 24.3. The van der Waals surface area contributed by atoms with E-state index in [0.29, 0.717) is 11.4 Å². The molecule has 1 aliphatic rings. The number of rotatable bonds is 4. The van der Waals surface area contributed by atoms with Gasteiger partial charge in [-0.3, -0.25) is 9.69 Å². The van der Waals surface area contributed by atoms with Crippen molar-refractivity contribution >= 4 is 27.1 Å². The Morgan fingerprint density at radius 1 is 0.550 bits per heavy atom. The molecule has 0 saturated carbocycles. The van der Waals surface area contributed by atoms with Crippen molar-refractivity contribution in [1.82, 2.24) is 0 Å². The molecule has 40 heavy (non-hydrogen) atoms. The third-order valence-electron chi connectivity index (χ3n) is 8.26. The summed E-state index contributed by atoms with van der Waals surface area (Å²) in [6.45, 7) is 13.9. The highest BCUT2D eigenvalue weighted by molar-refractivity contribution is 7.92. The number of fused-ring (bicyclic) bond motifs is 2. The van der Waals surface area contributed by atoms with Gasteiger partial charge in [0.05, 0.1) is 21.2 Å². The van der Waals surface area contributed by atoms with E-state index in [4.69, 9.17) is 0 Å². The van der Waals surface area contributed by atoms with Gasteiger partial charge in [-0.05, 0) is 46.5 Å². The van der Waals surface area contributed by atoms with Crippen LogP contribution in [0.15, 0.2) is 107 Å². The summed E-state index contributed by atoms with van der Waals surface area (Å²) in [6, 6.07) is 31.1. The molecule has 0 saturated heterocycles. The molecule has 5 rings (SSSR count). The second-order valence-corrected chi connectivity index (χ2v) is 14.6. The first-order valence-electron chi connectivity index (χ1n) is 13.7. The molecule has 1 amide bonds. The molecule has 4 nitrogen and oxygen atoms in total. The number of sulfone groups is 1. The number of nitrogens with zero attached hydrogens (tertiary/aromatic N) is 1. The van der Waals surface area contributed by atoms with E-state index in [2.05, 4.69) is 52.0 Å². The lowest BCUT2D eigenvalue weighted by atomic mass is 9.78. The lowest BCUT2D eigenvalue weighted by molar-refractivity contribution is -0.125. The lowest BCUT2D eigenvalue weighted by Gasteiger charge is -2.37. The van der Waals surface area contributed by atoms with E-state index in [9.17, 15) is 13.2 Å². The summed E-state index contributed by atoms with van der Waals surface area (Å²) in [5.74, 6) is -0.157. The maximum atomic E-state index is 14.4. The second kappa shape index (κ2) is 9.45. The van der Waals surface area contributed by atoms with Gasteiger partial charge in [-0.2, -0.15) is 0 Å². The van der Waals surface area contributed by atoms with Crippen LogP contribution in [-0.2, 0) is 25.5 Å². The fourth-order valence-electron chi connectivity index (χ4n) is 5.45. The van der Waals surface area contributed by atoms with E-state index < -0.39 is 26.1 Å². The van der Waals surface area contributed by atoms with Crippen molar-refractivity contribution in [2.24, 2.45) is 5.41 Å². The maximum Gasteiger partial charge on any atom is 0.236 e. The van der Waals surface area contributed by atoms with Crippen LogP contribution in [0.5, 0.6) is 0 Å². The molecule has 0 N–H and O–H groups in total. The Morgan fingerprint density at radius 3 is 1.27 bits per heavy atom. The normalized spacial score (nSPS) is 14.8. The molecule has 0 atom stereocenters. The zero-order chi connectivity index (χ0) is 29.1. The van der Waals surface area contributed by atoms with Gasteiger partial charge in [-0.15, -0.1) is 0 Å². The summed E-state index contributed by atoms with van der Waals surface area (Å²) in [5.41, 5.74) is 3.09. The van der Waals surface area contributed by atoms with Crippen LogP contribution in [0.3, 0.4) is 0 Å². The van der Waals surface area contributed by atoms with Crippen molar-refractivity contribution in [3.63, 3.8) is 0 Å². The Kier molecular flexibility index (Phi) is 6.58. The molecular formula is C35H37NO3S. The van der Waals surface area contributed by atoms with Crippen LogP contribution in [0, 0.1) is 5.41 Å². The van der Waals surface area contributed by atoms with Crippen LogP contribution < -0.4 is 4.90 Å². The quantitative estimate of drug-likeness (QED) is 0.257. The van der Waals surface area contributed by atoms with Gasteiger partial charge in [-0.25, -0.2) is 8.42 Å². The minimum Gasteiger partial charge on any atom is -0.278 e. The predicted molar refractivity (Wildman–Crippen MR) is 162 cm³/mol. The van der Waals surface area contributed by atoms with Crippen LogP contribution in [0.25, 0.3) is 0 Å². The monoisotopic (exact) mass is 551 g/mol. The van der Waals surface area contributed by atoms with E-state index in [1.165, 1.54) is 0 Å². The number of carbonyl (C=O) groups is 1. The minimum atomic E-state index is -3.94. The summed E-state index contributed by atoms with van der Waals surface area (Å²) in [5, 5.41) is 0. The zero-order valence-corrected chi connectivity index (χ0v) is 25.1. The number of anilines is 2. The Morgan fingerprint density at radius 2 is 0.925 bits per heavy atom. The van der Waals surface area contributed by atoms with Gasteiger partial charge < -0.3 is 0 Å². The first-order chi connectivity index (χ1) is 18.7. The van der Waals surface area contributed by atoms with Crippen molar-refractivity contribution < 1.29 is 13.2 Å². The molecule has 0 radical (unpaired) electrons. The smallest absolute Gasteiger partial charge is 0.236 e. The number of amides is 1. The predicted octanol–water partition coefficient (Wildman–Crippen LogP) is 8.20. The molecule has 0 aliphatic carbocycles. The minimum absolute atomic E-state index is 0.157. The standard InChI is InChI=1S/C35H37NO3S/c1-33(2,3)32(37)36-28-20-18-26(34(4,5)24-14-10-8-11-15-24)22-30(28)40(38,39)31-23-27(19-21-29(31)36)35(6,7)25-16-12-9-13-17-25/h8-23H,1-7H3. The largest absolute Gasteiger partial charge is 0.278 e. The van der Waals surface area contributed by atoms with Crippen LogP contribution in [0.1, 0.15) is 70.7 Å². The summed E-state index contributed by atoms with van der Waals surface area (Å²) >= 11 is 0. The van der Waals surface area contributed by atoms with E-state index in [1.807, 2.05) is 69.3 Å². The maximum absolute atomic E-state index is 14.4. The first kappa shape index (κ1) is 27.9. The highest BCUT2D eigenvalue weighted by atomic mass is 32.2. The molecule has 1 heterocycles. The number of hydrogen-bond donors (Lipinski definition) is 0. The third kappa shape index (κ3) is 4.46. The highest BCUT2D eigenvalue weighted by Gasteiger charge is 2.42. The molecule has 206 valence electrons. The molecule has 0 unspecified atom stereocenters. The van der Waals surface area contributed by atoms with Gasteiger partial charge >= 0.3 is 0 Å². The number of carbonyl (C=O) groups excluding carboxylic acids is 1. The summed E-state index contributed by atoms with van der Waals surface area (Å²) in [4.78, 5) is 15.8. The molecular weight excluding hydrogens is 514 g/mol. The van der Waals surface area contributed by atoms with Crippen molar-refractivity contribution in [2.75, 3.05) is 4.90 Å². The average Bonchev–Trinajstić information content (AvgIpc) is 2.93. The Labute approximate surface area is 238 Å². The van der Waals surface area contributed by atoms with Crippen molar-refractivity contribution in [1.29, 1.82) is 0 Å². The molecule has 0 aromatic heterocycles. The van der Waals surface area contributed by atoms with Crippen LogP contribution in [-0.4, -0.2) is 14.3 Å². The third-order valence-corrected chi connectivity index (χ3v) is 10.1. The van der Waals surface area contributed by atoms with E-state index in [-0.39, 0.29) is 15.7 Å². The topological polar surface area (TPSA) is 54.5 Å². The Hall–Kier alpha value is -3.70. The molecule has 0 spiro atoms. The van der Waals surface area contributed by atoms with E-state index >= 15 is 0 Å². The van der Waals surface area contributed by atoms with Gasteiger partial charge in [0.2, 0.25) is 15.7 Å². The summed E-state index contributed by atoms with van der Waals surface area (Å²) in [7, 11) is -3.94. The van der Waals surface area contributed by atoms with Gasteiger partial charge in [0.25, 0.3) is 0 Å². The van der Waals surface area contributed by atoms with Gasteiger partial charge in [-0.1, -0.05) is 121 Å². The Bertz CT molecular complexity index is 1590. The van der Waals surface area contributed by atoms with Crippen LogP contribution >= 0.6 is 0 Å². The van der Waals surface area contributed by atoms with Crippen LogP contribution in [0.2, 0.25) is 0 Å². The SMILES string of the molecule is CC(C)(C)C(=O)N1c2ccc(C(C)(C)c3ccccc3)cc2S(=O)(=O)c2cc(C(C)(C)c3ccccc3)ccc21. The Balaban J connectivity index is 1.75. The van der Waals surface area contributed by atoms with E-state index in [1.54, 1.807) is 29.2 Å². The van der Waals surface area contributed by atoms with Crippen molar-refractivity contribution in [3.8, 4) is 0 Å². The molecule has 0 bridgehead atoms. The molecule has 1 aliphatic heterocycles. The summed E-state index contributed by atoms with van der Waals surface area (Å²) in [6.07, 6.45) is 0. The number of benzene rings is 4. The highest BCUT2D eigenvalue weighted by Crippen LogP contribution is 2.49. The molecule has 0 fully saturated rings. The first-order valence-corrected chi connectivity index (χ1v) is 15.1. The fraction of sp³-hybridized carbons (Fsp3) is 0.286. The summed E-state index contributed by atoms with van der Waals surface area (Å²) < 4.78 is 28.8. The average molecular weight is 552 g/mol. The number of hydrogen-bond acceptors (Lipinski definition) is 3. The van der Waals surface area contributed by atoms with E-state index in [0.717, 1.165) is 22.3 Å². The van der Waals surface area contributed by atoms with Crippen molar-refractivity contribution in [2.45, 2.75) is 69.1 Å². The van der Waals surface area contributed by atoms with Crippen molar-refractivity contribution in [3.05, 3.63) is 119 Å². The second-order valence-electron chi connectivity index (χ2n) is 12.7.